The predicted molar refractivity (Wildman–Crippen MR) is 106 cm³/mol. The molecule has 0 aliphatic carbocycles. The molecule has 2 N–H and O–H groups in total. The molecule has 2 aromatic carbocycles. The molecule has 126 valence electrons. The zero-order valence-corrected chi connectivity index (χ0v) is 15.8. The van der Waals surface area contributed by atoms with Crippen LogP contribution in [0.4, 0.5) is 5.69 Å². The van der Waals surface area contributed by atoms with Gasteiger partial charge in [-0.15, -0.1) is 0 Å². The van der Waals surface area contributed by atoms with Crippen molar-refractivity contribution >= 4 is 40.4 Å². The predicted octanol–water partition coefficient (Wildman–Crippen LogP) is 3.61. The Labute approximate surface area is 155 Å². The number of carbonyl (C=O) groups is 1. The standard InChI is InChI=1S/C18H20IN3O2/c1-3-22(4-2)16-10-7-14(17(23)11-16)12-20-21-18(24)13-5-8-15(19)9-6-13/h5-12,23H,3-4H2,1-2H3,(H,21,24)/b20-12-. The number of amides is 1. The monoisotopic (exact) mass is 437 g/mol. The molecular weight excluding hydrogens is 417 g/mol. The second-order valence-electron chi connectivity index (χ2n) is 5.12. The Bertz CT molecular complexity index is 726. The van der Waals surface area contributed by atoms with Crippen LogP contribution in [0.5, 0.6) is 5.75 Å². The largest absolute Gasteiger partial charge is 0.507 e. The lowest BCUT2D eigenvalue weighted by Gasteiger charge is -2.21. The maximum atomic E-state index is 12.0. The maximum Gasteiger partial charge on any atom is 0.271 e. The average Bonchev–Trinajstić information content (AvgIpc) is 2.58. The zero-order valence-electron chi connectivity index (χ0n) is 13.7. The van der Waals surface area contributed by atoms with E-state index in [2.05, 4.69) is 51.9 Å². The molecule has 0 aromatic heterocycles. The second kappa shape index (κ2) is 8.68. The van der Waals surface area contributed by atoms with E-state index in [1.165, 1.54) is 6.21 Å². The molecule has 0 spiro atoms. The number of anilines is 1. The van der Waals surface area contributed by atoms with Crippen LogP contribution in [0.1, 0.15) is 29.8 Å². The number of carbonyl (C=O) groups excluding carboxylic acids is 1. The van der Waals surface area contributed by atoms with Crippen molar-refractivity contribution in [1.82, 2.24) is 5.43 Å². The molecule has 0 unspecified atom stereocenters. The molecule has 0 radical (unpaired) electrons. The zero-order chi connectivity index (χ0) is 17.5. The lowest BCUT2D eigenvalue weighted by Crippen LogP contribution is -2.21. The van der Waals surface area contributed by atoms with Crippen LogP contribution in [-0.4, -0.2) is 30.3 Å². The Balaban J connectivity index is 2.03. The molecule has 0 atom stereocenters. The van der Waals surface area contributed by atoms with E-state index in [1.807, 2.05) is 18.2 Å². The Morgan fingerprint density at radius 2 is 1.88 bits per heavy atom. The third-order valence-corrected chi connectivity index (χ3v) is 4.34. The molecule has 0 saturated carbocycles. The molecule has 2 rings (SSSR count). The van der Waals surface area contributed by atoms with Gasteiger partial charge in [-0.05, 0) is 72.8 Å². The summed E-state index contributed by atoms with van der Waals surface area (Å²) in [6, 6.07) is 12.6. The summed E-state index contributed by atoms with van der Waals surface area (Å²) < 4.78 is 1.06. The van der Waals surface area contributed by atoms with Crippen molar-refractivity contribution in [1.29, 1.82) is 0 Å². The first kappa shape index (κ1) is 18.3. The van der Waals surface area contributed by atoms with Gasteiger partial charge >= 0.3 is 0 Å². The molecule has 6 heteroatoms. The molecule has 0 aliphatic heterocycles. The minimum absolute atomic E-state index is 0.131. The highest BCUT2D eigenvalue weighted by Crippen LogP contribution is 2.23. The molecule has 0 fully saturated rings. The quantitative estimate of drug-likeness (QED) is 0.413. The highest BCUT2D eigenvalue weighted by Gasteiger charge is 2.06. The van der Waals surface area contributed by atoms with Gasteiger partial charge in [0.05, 0.1) is 6.21 Å². The van der Waals surface area contributed by atoms with Crippen molar-refractivity contribution in [3.05, 3.63) is 57.2 Å². The number of benzene rings is 2. The van der Waals surface area contributed by atoms with Crippen LogP contribution in [0, 0.1) is 3.57 Å². The van der Waals surface area contributed by atoms with Crippen molar-refractivity contribution in [2.75, 3.05) is 18.0 Å². The van der Waals surface area contributed by atoms with Gasteiger partial charge in [-0.2, -0.15) is 5.10 Å². The molecule has 0 aliphatic rings. The van der Waals surface area contributed by atoms with Gasteiger partial charge < -0.3 is 10.0 Å². The fourth-order valence-electron chi connectivity index (χ4n) is 2.25. The van der Waals surface area contributed by atoms with E-state index in [0.29, 0.717) is 11.1 Å². The van der Waals surface area contributed by atoms with Crippen LogP contribution in [-0.2, 0) is 0 Å². The van der Waals surface area contributed by atoms with Gasteiger partial charge in [-0.3, -0.25) is 4.79 Å². The number of nitrogens with zero attached hydrogens (tertiary/aromatic N) is 2. The van der Waals surface area contributed by atoms with Crippen molar-refractivity contribution in [3.8, 4) is 5.75 Å². The first-order valence-electron chi connectivity index (χ1n) is 7.72. The van der Waals surface area contributed by atoms with Crippen molar-refractivity contribution < 1.29 is 9.90 Å². The Morgan fingerprint density at radius 3 is 2.46 bits per heavy atom. The highest BCUT2D eigenvalue weighted by atomic mass is 127. The number of hydrazone groups is 1. The number of hydrogen-bond acceptors (Lipinski definition) is 4. The number of phenolic OH excluding ortho intramolecular Hbond substituents is 1. The van der Waals surface area contributed by atoms with Gasteiger partial charge in [0.25, 0.3) is 5.91 Å². The van der Waals surface area contributed by atoms with Gasteiger partial charge in [-0.25, -0.2) is 5.43 Å². The number of phenols is 1. The summed E-state index contributed by atoms with van der Waals surface area (Å²) in [7, 11) is 0. The van der Waals surface area contributed by atoms with Crippen molar-refractivity contribution in [3.63, 3.8) is 0 Å². The van der Waals surface area contributed by atoms with Crippen molar-refractivity contribution in [2.24, 2.45) is 5.10 Å². The molecule has 24 heavy (non-hydrogen) atoms. The topological polar surface area (TPSA) is 64.9 Å². The van der Waals surface area contributed by atoms with Crippen LogP contribution < -0.4 is 10.3 Å². The summed E-state index contributed by atoms with van der Waals surface area (Å²) in [4.78, 5) is 14.1. The summed E-state index contributed by atoms with van der Waals surface area (Å²) in [6.45, 7) is 5.87. The number of aromatic hydroxyl groups is 1. The number of halogens is 1. The van der Waals surface area contributed by atoms with E-state index in [-0.39, 0.29) is 11.7 Å². The molecule has 0 bridgehead atoms. The van der Waals surface area contributed by atoms with E-state index in [1.54, 1.807) is 24.3 Å². The lowest BCUT2D eigenvalue weighted by molar-refractivity contribution is 0.0955. The summed E-state index contributed by atoms with van der Waals surface area (Å²) in [6.07, 6.45) is 1.44. The van der Waals surface area contributed by atoms with Gasteiger partial charge in [0, 0.05) is 39.5 Å². The van der Waals surface area contributed by atoms with Gasteiger partial charge in [0.1, 0.15) is 5.75 Å². The third kappa shape index (κ3) is 4.70. The third-order valence-electron chi connectivity index (χ3n) is 3.62. The average molecular weight is 437 g/mol. The van der Waals surface area contributed by atoms with E-state index in [0.717, 1.165) is 22.3 Å². The summed E-state index contributed by atoms with van der Waals surface area (Å²) >= 11 is 2.18. The Hall–Kier alpha value is -2.09. The smallest absolute Gasteiger partial charge is 0.271 e. The molecular formula is C18H20IN3O2. The lowest BCUT2D eigenvalue weighted by atomic mass is 10.2. The summed E-state index contributed by atoms with van der Waals surface area (Å²) in [5, 5.41) is 14.0. The Kier molecular flexibility index (Phi) is 6.60. The normalized spacial score (nSPS) is 10.8. The molecule has 1 amide bonds. The van der Waals surface area contributed by atoms with Crippen LogP contribution in [0.15, 0.2) is 47.6 Å². The van der Waals surface area contributed by atoms with E-state index >= 15 is 0 Å². The first-order valence-corrected chi connectivity index (χ1v) is 8.80. The van der Waals surface area contributed by atoms with E-state index < -0.39 is 0 Å². The number of nitrogens with one attached hydrogen (secondary N) is 1. The molecule has 5 nitrogen and oxygen atoms in total. The van der Waals surface area contributed by atoms with Crippen LogP contribution >= 0.6 is 22.6 Å². The first-order chi connectivity index (χ1) is 11.5. The molecule has 2 aromatic rings. The fourth-order valence-corrected chi connectivity index (χ4v) is 2.61. The van der Waals surface area contributed by atoms with Gasteiger partial charge in [0.15, 0.2) is 0 Å². The maximum absolute atomic E-state index is 12.0. The van der Waals surface area contributed by atoms with E-state index in [4.69, 9.17) is 0 Å². The second-order valence-corrected chi connectivity index (χ2v) is 6.37. The minimum Gasteiger partial charge on any atom is -0.507 e. The van der Waals surface area contributed by atoms with Crippen LogP contribution in [0.25, 0.3) is 0 Å². The minimum atomic E-state index is -0.290. The number of rotatable bonds is 6. The summed E-state index contributed by atoms with van der Waals surface area (Å²) in [5.41, 5.74) is 4.50. The van der Waals surface area contributed by atoms with Gasteiger partial charge in [0.2, 0.25) is 0 Å². The fraction of sp³-hybridized carbons (Fsp3) is 0.222. The SMILES string of the molecule is CCN(CC)c1ccc(/C=N\NC(=O)c2ccc(I)cc2)c(O)c1. The van der Waals surface area contributed by atoms with Gasteiger partial charge in [-0.1, -0.05) is 0 Å². The molecule has 0 heterocycles. The summed E-state index contributed by atoms with van der Waals surface area (Å²) in [5.74, 6) is -0.159. The van der Waals surface area contributed by atoms with Crippen LogP contribution in [0.2, 0.25) is 0 Å². The highest BCUT2D eigenvalue weighted by molar-refractivity contribution is 14.1. The number of hydrogen-bond donors (Lipinski definition) is 2. The molecule has 0 saturated heterocycles. The Morgan fingerprint density at radius 1 is 1.21 bits per heavy atom. The van der Waals surface area contributed by atoms with Crippen LogP contribution in [0.3, 0.4) is 0 Å². The van der Waals surface area contributed by atoms with Crippen molar-refractivity contribution in [2.45, 2.75) is 13.8 Å². The van der Waals surface area contributed by atoms with E-state index in [9.17, 15) is 9.90 Å².